The van der Waals surface area contributed by atoms with E-state index in [1.165, 1.54) is 6.26 Å². The van der Waals surface area contributed by atoms with Crippen LogP contribution in [0, 0.1) is 6.92 Å². The lowest BCUT2D eigenvalue weighted by Crippen LogP contribution is -2.25. The van der Waals surface area contributed by atoms with Crippen LogP contribution in [0.5, 0.6) is 0 Å². The van der Waals surface area contributed by atoms with Crippen molar-refractivity contribution in [3.8, 4) is 0 Å². The van der Waals surface area contributed by atoms with Gasteiger partial charge in [-0.25, -0.2) is 8.42 Å². The van der Waals surface area contributed by atoms with Gasteiger partial charge in [0.25, 0.3) is 5.91 Å². The molecular weight excluding hydrogens is 318 g/mol. The van der Waals surface area contributed by atoms with Gasteiger partial charge in [-0.05, 0) is 37.1 Å². The van der Waals surface area contributed by atoms with Gasteiger partial charge in [0.15, 0.2) is 0 Å². The smallest absolute Gasteiger partial charge is 0.251 e. The lowest BCUT2D eigenvalue weighted by molar-refractivity contribution is 0.0953. The zero-order chi connectivity index (χ0) is 13.8. The van der Waals surface area contributed by atoms with Crippen LogP contribution in [0.1, 0.15) is 22.3 Å². The number of hydrogen-bond donors (Lipinski definition) is 1. The van der Waals surface area contributed by atoms with Crippen molar-refractivity contribution in [2.45, 2.75) is 13.3 Å². The Morgan fingerprint density at radius 2 is 2.06 bits per heavy atom. The molecule has 0 saturated heterocycles. The summed E-state index contributed by atoms with van der Waals surface area (Å²) in [4.78, 5) is 11.8. The molecule has 18 heavy (non-hydrogen) atoms. The topological polar surface area (TPSA) is 63.2 Å². The standard InChI is InChI=1S/C12H16BrNO3S/c1-9-8-10(4-5-11(9)13)12(15)14-6-3-7-18(2,16)17/h4-5,8H,3,6-7H2,1-2H3,(H,14,15). The molecular formula is C12H16BrNO3S. The number of carbonyl (C=O) groups excluding carboxylic acids is 1. The highest BCUT2D eigenvalue weighted by molar-refractivity contribution is 9.10. The molecule has 4 nitrogen and oxygen atoms in total. The van der Waals surface area contributed by atoms with E-state index in [0.29, 0.717) is 18.5 Å². The van der Waals surface area contributed by atoms with Crippen molar-refractivity contribution in [3.05, 3.63) is 33.8 Å². The van der Waals surface area contributed by atoms with Crippen LogP contribution in [0.3, 0.4) is 0 Å². The highest BCUT2D eigenvalue weighted by Gasteiger charge is 2.07. The van der Waals surface area contributed by atoms with Crippen molar-refractivity contribution < 1.29 is 13.2 Å². The summed E-state index contributed by atoms with van der Waals surface area (Å²) in [5.74, 6) is -0.0915. The van der Waals surface area contributed by atoms with Gasteiger partial charge in [0, 0.05) is 22.8 Å². The highest BCUT2D eigenvalue weighted by Crippen LogP contribution is 2.16. The molecule has 0 aliphatic heterocycles. The van der Waals surface area contributed by atoms with E-state index in [-0.39, 0.29) is 11.7 Å². The zero-order valence-electron chi connectivity index (χ0n) is 10.4. The summed E-state index contributed by atoms with van der Waals surface area (Å²) in [5, 5.41) is 2.70. The average molecular weight is 334 g/mol. The quantitative estimate of drug-likeness (QED) is 0.837. The monoisotopic (exact) mass is 333 g/mol. The van der Waals surface area contributed by atoms with E-state index in [0.717, 1.165) is 10.0 Å². The predicted octanol–water partition coefficient (Wildman–Crippen LogP) is 1.92. The Kier molecular flexibility index (Phi) is 5.34. The predicted molar refractivity (Wildman–Crippen MR) is 75.5 cm³/mol. The number of sulfone groups is 1. The Morgan fingerprint density at radius 1 is 1.39 bits per heavy atom. The second-order valence-corrected chi connectivity index (χ2v) is 7.32. The van der Waals surface area contributed by atoms with E-state index in [9.17, 15) is 13.2 Å². The van der Waals surface area contributed by atoms with Crippen molar-refractivity contribution in [3.63, 3.8) is 0 Å². The van der Waals surface area contributed by atoms with Gasteiger partial charge in [-0.2, -0.15) is 0 Å². The lowest BCUT2D eigenvalue weighted by atomic mass is 10.1. The molecule has 1 N–H and O–H groups in total. The van der Waals surface area contributed by atoms with Crippen molar-refractivity contribution in [2.24, 2.45) is 0 Å². The molecule has 0 fully saturated rings. The number of amides is 1. The third-order valence-electron chi connectivity index (χ3n) is 2.40. The van der Waals surface area contributed by atoms with Gasteiger partial charge in [-0.3, -0.25) is 4.79 Å². The largest absolute Gasteiger partial charge is 0.352 e. The minimum absolute atomic E-state index is 0.0899. The molecule has 0 radical (unpaired) electrons. The molecule has 1 aromatic rings. The Bertz CT molecular complexity index is 540. The number of nitrogens with one attached hydrogen (secondary N) is 1. The van der Waals surface area contributed by atoms with E-state index < -0.39 is 9.84 Å². The van der Waals surface area contributed by atoms with Crippen molar-refractivity contribution in [1.82, 2.24) is 5.32 Å². The number of halogens is 1. The van der Waals surface area contributed by atoms with Gasteiger partial charge in [-0.15, -0.1) is 0 Å². The molecule has 6 heteroatoms. The van der Waals surface area contributed by atoms with Crippen LogP contribution >= 0.6 is 15.9 Å². The summed E-state index contributed by atoms with van der Waals surface area (Å²) in [7, 11) is -2.96. The normalized spacial score (nSPS) is 11.3. The molecule has 0 spiro atoms. The second-order valence-electron chi connectivity index (χ2n) is 4.20. The van der Waals surface area contributed by atoms with Crippen molar-refractivity contribution in [2.75, 3.05) is 18.6 Å². The van der Waals surface area contributed by atoms with Crippen LogP contribution in [-0.2, 0) is 9.84 Å². The third-order valence-corrected chi connectivity index (χ3v) is 4.32. The van der Waals surface area contributed by atoms with E-state index in [4.69, 9.17) is 0 Å². The van der Waals surface area contributed by atoms with Crippen LogP contribution in [-0.4, -0.2) is 32.9 Å². The summed E-state index contributed by atoms with van der Waals surface area (Å²) >= 11 is 3.37. The molecule has 0 aliphatic rings. The Balaban J connectivity index is 2.48. The molecule has 0 saturated carbocycles. The summed E-state index contributed by atoms with van der Waals surface area (Å²) in [5.41, 5.74) is 1.56. The van der Waals surface area contributed by atoms with Crippen LogP contribution < -0.4 is 5.32 Å². The first-order valence-corrected chi connectivity index (χ1v) is 8.37. The van der Waals surface area contributed by atoms with E-state index in [1.807, 2.05) is 13.0 Å². The molecule has 1 rings (SSSR count). The maximum Gasteiger partial charge on any atom is 0.251 e. The maximum atomic E-state index is 11.8. The van der Waals surface area contributed by atoms with Gasteiger partial charge in [0.1, 0.15) is 9.84 Å². The number of hydrogen-bond acceptors (Lipinski definition) is 3. The Hall–Kier alpha value is -0.880. The fraction of sp³-hybridized carbons (Fsp3) is 0.417. The van der Waals surface area contributed by atoms with Crippen molar-refractivity contribution >= 4 is 31.7 Å². The Labute approximate surface area is 116 Å². The van der Waals surface area contributed by atoms with Gasteiger partial charge < -0.3 is 5.32 Å². The first-order valence-electron chi connectivity index (χ1n) is 5.51. The van der Waals surface area contributed by atoms with E-state index in [2.05, 4.69) is 21.2 Å². The summed E-state index contributed by atoms with van der Waals surface area (Å²) in [6.45, 7) is 2.27. The molecule has 0 unspecified atom stereocenters. The zero-order valence-corrected chi connectivity index (χ0v) is 12.8. The van der Waals surface area contributed by atoms with Crippen LogP contribution in [0.4, 0.5) is 0 Å². The molecule has 0 bridgehead atoms. The number of rotatable bonds is 5. The number of aryl methyl sites for hydroxylation is 1. The average Bonchev–Trinajstić information content (AvgIpc) is 2.26. The third kappa shape index (κ3) is 5.18. The first-order chi connectivity index (χ1) is 8.29. The molecule has 0 aliphatic carbocycles. The summed E-state index contributed by atoms with van der Waals surface area (Å²) in [6, 6.07) is 5.33. The molecule has 100 valence electrons. The van der Waals surface area contributed by atoms with Crippen molar-refractivity contribution in [1.29, 1.82) is 0 Å². The minimum Gasteiger partial charge on any atom is -0.352 e. The van der Waals surface area contributed by atoms with E-state index in [1.54, 1.807) is 12.1 Å². The van der Waals surface area contributed by atoms with Crippen LogP contribution in [0.15, 0.2) is 22.7 Å². The molecule has 1 amide bonds. The fourth-order valence-corrected chi connectivity index (χ4v) is 2.34. The second kappa shape index (κ2) is 6.33. The van der Waals surface area contributed by atoms with Crippen LogP contribution in [0.25, 0.3) is 0 Å². The lowest BCUT2D eigenvalue weighted by Gasteiger charge is -2.06. The fourth-order valence-electron chi connectivity index (χ4n) is 1.42. The van der Waals surface area contributed by atoms with Gasteiger partial charge >= 0.3 is 0 Å². The molecule has 0 aromatic heterocycles. The van der Waals surface area contributed by atoms with E-state index >= 15 is 0 Å². The minimum atomic E-state index is -2.96. The van der Waals surface area contributed by atoms with Crippen LogP contribution in [0.2, 0.25) is 0 Å². The Morgan fingerprint density at radius 3 is 2.61 bits per heavy atom. The number of benzene rings is 1. The molecule has 0 heterocycles. The van der Waals surface area contributed by atoms with Gasteiger partial charge in [0.05, 0.1) is 5.75 Å². The number of carbonyl (C=O) groups is 1. The highest BCUT2D eigenvalue weighted by atomic mass is 79.9. The van der Waals surface area contributed by atoms with Gasteiger partial charge in [-0.1, -0.05) is 15.9 Å². The maximum absolute atomic E-state index is 11.8. The molecule has 0 atom stereocenters. The summed E-state index contributed by atoms with van der Waals surface area (Å²) in [6.07, 6.45) is 1.62. The van der Waals surface area contributed by atoms with Gasteiger partial charge in [0.2, 0.25) is 0 Å². The summed E-state index contributed by atoms with van der Waals surface area (Å²) < 4.78 is 22.8. The SMILES string of the molecule is Cc1cc(C(=O)NCCCS(C)(=O)=O)ccc1Br. The first kappa shape index (κ1) is 15.2. The molecule has 1 aromatic carbocycles.